The van der Waals surface area contributed by atoms with Crippen molar-refractivity contribution in [3.8, 4) is 0 Å². The summed E-state index contributed by atoms with van der Waals surface area (Å²) in [4.78, 5) is 36.5. The molecule has 3 aliphatic carbocycles. The minimum Gasteiger partial charge on any atom is -0.469 e. The number of Topliss-reactive ketones (excluding diaryl/α,β-unsaturated/α-hetero) is 1. The van der Waals surface area contributed by atoms with E-state index in [2.05, 4.69) is 5.32 Å². The van der Waals surface area contributed by atoms with Crippen LogP contribution in [0.3, 0.4) is 0 Å². The number of carbonyl (C=O) groups is 3. The van der Waals surface area contributed by atoms with Crippen molar-refractivity contribution < 1.29 is 23.5 Å². The maximum absolute atomic E-state index is 12.9. The molecule has 0 unspecified atom stereocenters. The molecule has 4 atom stereocenters. The highest BCUT2D eigenvalue weighted by atomic mass is 16.5. The molecule has 1 N–H and O–H groups in total. The molecule has 1 spiro atoms. The maximum Gasteiger partial charge on any atom is 0.309 e. The highest BCUT2D eigenvalue weighted by Gasteiger charge is 2.71. The van der Waals surface area contributed by atoms with Crippen molar-refractivity contribution in [2.24, 2.45) is 29.1 Å². The number of furan rings is 1. The Hall–Kier alpha value is -2.11. The summed E-state index contributed by atoms with van der Waals surface area (Å²) in [7, 11) is 1.40. The van der Waals surface area contributed by atoms with Crippen LogP contribution in [-0.2, 0) is 20.9 Å². The predicted octanol–water partition coefficient (Wildman–Crippen LogP) is 2.32. The number of ether oxygens (including phenoxy) is 1. The van der Waals surface area contributed by atoms with Crippen LogP contribution in [-0.4, -0.2) is 24.8 Å². The van der Waals surface area contributed by atoms with E-state index in [9.17, 15) is 14.4 Å². The molecule has 0 aliphatic heterocycles. The molecule has 6 nitrogen and oxygen atoms in total. The molecule has 0 aromatic carbocycles. The Balaban J connectivity index is 1.48. The van der Waals surface area contributed by atoms with Gasteiger partial charge in [-0.05, 0) is 55.1 Å². The largest absolute Gasteiger partial charge is 0.469 e. The summed E-state index contributed by atoms with van der Waals surface area (Å²) in [6.45, 7) is 1.66. The Morgan fingerprint density at radius 1 is 1.20 bits per heavy atom. The van der Waals surface area contributed by atoms with Crippen LogP contribution in [0.25, 0.3) is 0 Å². The highest BCUT2D eigenvalue weighted by Crippen LogP contribution is 2.74. The number of rotatable bonds is 5. The Morgan fingerprint density at radius 2 is 1.88 bits per heavy atom. The minimum absolute atomic E-state index is 0.102. The SMILES string of the molecule is COC(=O)[C@H]1[C@H](C(=O)NCc2ccc(C(C)=O)o2)[C@@H]2CC[C@H]1C21CC1. The van der Waals surface area contributed by atoms with E-state index in [4.69, 9.17) is 9.15 Å². The van der Waals surface area contributed by atoms with Crippen LogP contribution in [0.15, 0.2) is 16.5 Å². The molecule has 1 aromatic rings. The number of ketones is 1. The van der Waals surface area contributed by atoms with Crippen molar-refractivity contribution in [1.29, 1.82) is 0 Å². The van der Waals surface area contributed by atoms with Crippen LogP contribution in [0, 0.1) is 29.1 Å². The van der Waals surface area contributed by atoms with Gasteiger partial charge in [0.15, 0.2) is 11.5 Å². The average Bonchev–Trinajstić information content (AvgIpc) is 3.01. The second-order valence-corrected chi connectivity index (χ2v) is 7.64. The second kappa shape index (κ2) is 5.71. The Morgan fingerprint density at radius 3 is 2.44 bits per heavy atom. The molecule has 3 fully saturated rings. The van der Waals surface area contributed by atoms with Gasteiger partial charge in [0.2, 0.25) is 5.91 Å². The first-order valence-electron chi connectivity index (χ1n) is 8.93. The number of hydrogen-bond acceptors (Lipinski definition) is 5. The summed E-state index contributed by atoms with van der Waals surface area (Å²) < 4.78 is 10.4. The molecule has 1 amide bonds. The lowest BCUT2D eigenvalue weighted by atomic mass is 9.78. The predicted molar refractivity (Wildman–Crippen MR) is 87.4 cm³/mol. The monoisotopic (exact) mass is 345 g/mol. The van der Waals surface area contributed by atoms with Gasteiger partial charge in [0.1, 0.15) is 5.76 Å². The fourth-order valence-corrected chi connectivity index (χ4v) is 5.42. The summed E-state index contributed by atoms with van der Waals surface area (Å²) in [6.07, 6.45) is 4.29. The van der Waals surface area contributed by atoms with E-state index in [0.717, 1.165) is 25.7 Å². The maximum atomic E-state index is 12.9. The molecule has 0 saturated heterocycles. The van der Waals surface area contributed by atoms with Crippen LogP contribution in [0.1, 0.15) is 48.9 Å². The minimum atomic E-state index is -0.323. The van der Waals surface area contributed by atoms with Crippen LogP contribution >= 0.6 is 0 Å². The van der Waals surface area contributed by atoms with Crippen LogP contribution < -0.4 is 5.32 Å². The highest BCUT2D eigenvalue weighted by molar-refractivity contribution is 5.91. The molecule has 0 radical (unpaired) electrons. The Labute approximate surface area is 146 Å². The molecule has 3 aliphatic rings. The van der Waals surface area contributed by atoms with Gasteiger partial charge in [0.25, 0.3) is 0 Å². The van der Waals surface area contributed by atoms with Gasteiger partial charge in [-0.25, -0.2) is 0 Å². The van der Waals surface area contributed by atoms with Crippen molar-refractivity contribution in [2.45, 2.75) is 39.2 Å². The number of hydrogen-bond donors (Lipinski definition) is 1. The van der Waals surface area contributed by atoms with E-state index >= 15 is 0 Å². The number of amides is 1. The Bertz CT molecular complexity index is 732. The average molecular weight is 345 g/mol. The van der Waals surface area contributed by atoms with Gasteiger partial charge in [-0.3, -0.25) is 14.4 Å². The van der Waals surface area contributed by atoms with Crippen molar-refractivity contribution in [2.75, 3.05) is 7.11 Å². The van der Waals surface area contributed by atoms with Crippen molar-refractivity contribution >= 4 is 17.7 Å². The van der Waals surface area contributed by atoms with Gasteiger partial charge in [0.05, 0.1) is 25.5 Å². The van der Waals surface area contributed by atoms with E-state index in [1.54, 1.807) is 12.1 Å². The zero-order chi connectivity index (χ0) is 17.8. The molecule has 134 valence electrons. The van der Waals surface area contributed by atoms with E-state index in [1.807, 2.05) is 0 Å². The van der Waals surface area contributed by atoms with Crippen molar-refractivity contribution in [3.05, 3.63) is 23.7 Å². The Kier molecular flexibility index (Phi) is 3.74. The normalized spacial score (nSPS) is 31.1. The van der Waals surface area contributed by atoms with Gasteiger partial charge in [-0.1, -0.05) is 0 Å². The molecule has 25 heavy (non-hydrogen) atoms. The molecule has 6 heteroatoms. The van der Waals surface area contributed by atoms with Gasteiger partial charge >= 0.3 is 5.97 Å². The van der Waals surface area contributed by atoms with Gasteiger partial charge < -0.3 is 14.5 Å². The number of methoxy groups -OCH3 is 1. The molecule has 2 bridgehead atoms. The van der Waals surface area contributed by atoms with Crippen molar-refractivity contribution in [1.82, 2.24) is 5.32 Å². The van der Waals surface area contributed by atoms with Crippen LogP contribution in [0.4, 0.5) is 0 Å². The summed E-state index contributed by atoms with van der Waals surface area (Å²) in [6, 6.07) is 3.30. The van der Waals surface area contributed by atoms with Crippen molar-refractivity contribution in [3.63, 3.8) is 0 Å². The molecular formula is C19H23NO5. The molecular weight excluding hydrogens is 322 g/mol. The third-order valence-electron chi connectivity index (χ3n) is 6.57. The fraction of sp³-hybridized carbons (Fsp3) is 0.632. The zero-order valence-corrected chi connectivity index (χ0v) is 14.5. The van der Waals surface area contributed by atoms with Crippen LogP contribution in [0.5, 0.6) is 0 Å². The number of esters is 1. The lowest BCUT2D eigenvalue weighted by molar-refractivity contribution is -0.152. The molecule has 3 saturated carbocycles. The first-order chi connectivity index (χ1) is 12.0. The molecule has 1 aromatic heterocycles. The van der Waals surface area contributed by atoms with E-state index in [0.29, 0.717) is 5.76 Å². The third kappa shape index (κ3) is 2.41. The topological polar surface area (TPSA) is 85.6 Å². The first-order valence-corrected chi connectivity index (χ1v) is 8.93. The van der Waals surface area contributed by atoms with E-state index in [-0.39, 0.29) is 59.1 Å². The molecule has 1 heterocycles. The lowest BCUT2D eigenvalue weighted by Gasteiger charge is -2.27. The quantitative estimate of drug-likeness (QED) is 0.654. The van der Waals surface area contributed by atoms with Crippen LogP contribution in [0.2, 0.25) is 0 Å². The first kappa shape index (κ1) is 16.4. The van der Waals surface area contributed by atoms with Gasteiger partial charge in [-0.2, -0.15) is 0 Å². The van der Waals surface area contributed by atoms with E-state index in [1.165, 1.54) is 14.0 Å². The summed E-state index contributed by atoms with van der Waals surface area (Å²) in [5.41, 5.74) is 0.202. The standard InChI is InChI=1S/C19H23NO5/c1-10(21)14-6-3-11(25-14)9-20-17(22)15-12-4-5-13(19(12)7-8-19)16(15)18(23)24-2/h3,6,12-13,15-16H,4-5,7-9H2,1-2H3,(H,20,22)/t12-,13+,15+,16+/m0/s1. The summed E-state index contributed by atoms with van der Waals surface area (Å²) >= 11 is 0. The molecule has 4 rings (SSSR count). The number of carbonyl (C=O) groups excluding carboxylic acids is 3. The van der Waals surface area contributed by atoms with Gasteiger partial charge in [-0.15, -0.1) is 0 Å². The lowest BCUT2D eigenvalue weighted by Crippen LogP contribution is -2.41. The second-order valence-electron chi connectivity index (χ2n) is 7.64. The number of nitrogens with one attached hydrogen (secondary N) is 1. The van der Waals surface area contributed by atoms with Gasteiger partial charge in [0, 0.05) is 6.92 Å². The summed E-state index contributed by atoms with van der Waals surface area (Å²) in [5, 5.41) is 2.90. The fourth-order valence-electron chi connectivity index (χ4n) is 5.42. The smallest absolute Gasteiger partial charge is 0.309 e. The van der Waals surface area contributed by atoms with E-state index < -0.39 is 0 Å². The third-order valence-corrected chi connectivity index (χ3v) is 6.57. The summed E-state index contributed by atoms with van der Waals surface area (Å²) in [5.74, 6) is 0.259. The zero-order valence-electron chi connectivity index (χ0n) is 14.5.